The van der Waals surface area contributed by atoms with Crippen molar-refractivity contribution in [3.05, 3.63) is 87.9 Å². The van der Waals surface area contributed by atoms with Gasteiger partial charge in [0.25, 0.3) is 0 Å². The number of nitrogens with zero attached hydrogens (tertiary/aromatic N) is 5. The number of piperidine rings is 1. The van der Waals surface area contributed by atoms with E-state index in [9.17, 15) is 4.79 Å². The highest BCUT2D eigenvalue weighted by molar-refractivity contribution is 7.97. The molecule has 2 aliphatic rings. The van der Waals surface area contributed by atoms with E-state index in [1.165, 1.54) is 55.4 Å². The number of rotatable bonds is 8. The minimum atomic E-state index is -0.445. The summed E-state index contributed by atoms with van der Waals surface area (Å²) in [6.07, 6.45) is 9.78. The Kier molecular flexibility index (Phi) is 8.39. The number of hydrogen-bond acceptors (Lipinski definition) is 6. The van der Waals surface area contributed by atoms with Crippen LogP contribution < -0.4 is 5.32 Å². The van der Waals surface area contributed by atoms with Crippen LogP contribution in [0.5, 0.6) is 0 Å². The van der Waals surface area contributed by atoms with Crippen LogP contribution in [-0.4, -0.2) is 49.2 Å². The molecule has 1 saturated heterocycles. The highest BCUT2D eigenvalue weighted by Gasteiger charge is 2.29. The van der Waals surface area contributed by atoms with Crippen LogP contribution in [0, 0.1) is 0 Å². The van der Waals surface area contributed by atoms with E-state index in [4.69, 9.17) is 23.2 Å². The molecule has 1 aromatic heterocycles. The van der Waals surface area contributed by atoms with E-state index in [2.05, 4.69) is 51.7 Å². The van der Waals surface area contributed by atoms with E-state index in [1.807, 2.05) is 27.5 Å². The van der Waals surface area contributed by atoms with Gasteiger partial charge in [-0.05, 0) is 74.1 Å². The molecular formula is C27H30Cl2N6OS. The van der Waals surface area contributed by atoms with Crippen molar-refractivity contribution in [1.82, 2.24) is 29.5 Å². The van der Waals surface area contributed by atoms with Gasteiger partial charge >= 0.3 is 0 Å². The first kappa shape index (κ1) is 26.1. The second-order valence-corrected chi connectivity index (χ2v) is 11.4. The number of likely N-dealkylation sites (tertiary alicyclic amines) is 1. The van der Waals surface area contributed by atoms with Crippen molar-refractivity contribution in [1.29, 1.82) is 0 Å². The maximum absolute atomic E-state index is 12.7. The summed E-state index contributed by atoms with van der Waals surface area (Å²) in [6.45, 7) is 5.51. The first-order valence-electron chi connectivity index (χ1n) is 12.6. The van der Waals surface area contributed by atoms with E-state index in [1.54, 1.807) is 18.3 Å². The lowest BCUT2D eigenvalue weighted by atomic mass is 10.0. The average Bonchev–Trinajstić information content (AvgIpc) is 3.38. The van der Waals surface area contributed by atoms with Gasteiger partial charge in [-0.3, -0.25) is 9.69 Å². The summed E-state index contributed by atoms with van der Waals surface area (Å²) >= 11 is 13.7. The summed E-state index contributed by atoms with van der Waals surface area (Å²) in [7, 11) is 0. The largest absolute Gasteiger partial charge is 0.329 e. The van der Waals surface area contributed by atoms with Gasteiger partial charge in [0, 0.05) is 36.5 Å². The number of carbonyl (C=O) groups is 1. The summed E-state index contributed by atoms with van der Waals surface area (Å²) in [5, 5.41) is 12.5. The maximum atomic E-state index is 12.7. The lowest BCUT2D eigenvalue weighted by molar-refractivity contribution is -0.123. The van der Waals surface area contributed by atoms with Gasteiger partial charge in [-0.1, -0.05) is 59.1 Å². The molecule has 5 rings (SSSR count). The Hall–Kier alpha value is -2.52. The Morgan fingerprint density at radius 1 is 1.08 bits per heavy atom. The zero-order valence-corrected chi connectivity index (χ0v) is 23.0. The molecule has 1 amide bonds. The van der Waals surface area contributed by atoms with E-state index in [-0.39, 0.29) is 11.9 Å². The van der Waals surface area contributed by atoms with Gasteiger partial charge in [-0.15, -0.1) is 5.10 Å². The van der Waals surface area contributed by atoms with Crippen molar-refractivity contribution in [3.8, 4) is 0 Å². The van der Waals surface area contributed by atoms with Gasteiger partial charge in [-0.2, -0.15) is 0 Å². The van der Waals surface area contributed by atoms with Crippen LogP contribution in [0.3, 0.4) is 0 Å². The molecule has 3 aromatic rings. The SMILES string of the molecule is C[C@H](c1ccc(CN2CCCCC2)cc1)n1cc(C[C@@H]2C(=O)NC=CN2Sc2ccc(Cl)c(Cl)c2)nn1. The number of carbonyl (C=O) groups excluding carboxylic acids is 1. The number of nitrogens with one attached hydrogen (secondary N) is 1. The lowest BCUT2D eigenvalue weighted by Gasteiger charge is -2.30. The predicted molar refractivity (Wildman–Crippen MR) is 148 cm³/mol. The zero-order valence-electron chi connectivity index (χ0n) is 20.7. The number of benzene rings is 2. The second kappa shape index (κ2) is 11.9. The fraction of sp³-hybridized carbons (Fsp3) is 0.370. The first-order valence-corrected chi connectivity index (χ1v) is 14.1. The Labute approximate surface area is 231 Å². The molecule has 0 spiro atoms. The zero-order chi connectivity index (χ0) is 25.8. The van der Waals surface area contributed by atoms with E-state index in [0.29, 0.717) is 16.5 Å². The number of hydrogen-bond donors (Lipinski definition) is 1. The monoisotopic (exact) mass is 556 g/mol. The van der Waals surface area contributed by atoms with E-state index < -0.39 is 6.04 Å². The van der Waals surface area contributed by atoms with Crippen LogP contribution in [-0.2, 0) is 17.8 Å². The first-order chi connectivity index (χ1) is 18.0. The van der Waals surface area contributed by atoms with Gasteiger partial charge < -0.3 is 9.62 Å². The third kappa shape index (κ3) is 6.49. The van der Waals surface area contributed by atoms with Gasteiger partial charge in [0.05, 0.1) is 21.8 Å². The molecule has 2 aliphatic heterocycles. The van der Waals surface area contributed by atoms with Crippen LogP contribution in [0.25, 0.3) is 0 Å². The lowest BCUT2D eigenvalue weighted by Crippen LogP contribution is -2.45. The molecule has 10 heteroatoms. The smallest absolute Gasteiger partial charge is 0.248 e. The van der Waals surface area contributed by atoms with Crippen LogP contribution >= 0.6 is 35.1 Å². The molecule has 2 atom stereocenters. The Morgan fingerprint density at radius 3 is 2.62 bits per heavy atom. The Bertz CT molecular complexity index is 1260. The molecule has 0 bridgehead atoms. The van der Waals surface area contributed by atoms with Crippen molar-refractivity contribution in [2.45, 2.75) is 56.1 Å². The average molecular weight is 558 g/mol. The molecule has 194 valence electrons. The van der Waals surface area contributed by atoms with Gasteiger partial charge in [0.1, 0.15) is 6.04 Å². The number of amides is 1. The molecule has 1 fully saturated rings. The molecule has 0 aliphatic carbocycles. The minimum Gasteiger partial charge on any atom is -0.329 e. The fourth-order valence-electron chi connectivity index (χ4n) is 4.66. The van der Waals surface area contributed by atoms with E-state index >= 15 is 0 Å². The molecule has 37 heavy (non-hydrogen) atoms. The summed E-state index contributed by atoms with van der Waals surface area (Å²) in [5.74, 6) is -0.0954. The Balaban J connectivity index is 1.24. The van der Waals surface area contributed by atoms with Crippen molar-refractivity contribution in [3.63, 3.8) is 0 Å². The standard InChI is InChI=1S/C27H30Cl2N6OS/c1-19(21-7-5-20(6-8-21)17-33-12-3-2-4-13-33)34-18-22(31-32-34)15-26-27(36)30-11-14-35(26)37-23-9-10-24(28)25(29)16-23/h5-11,14,16,18-19,26H,2-4,12-13,15,17H2,1H3,(H,30,36)/t19-,26-/m1/s1. The molecule has 0 saturated carbocycles. The van der Waals surface area contributed by atoms with Crippen molar-refractivity contribution in [2.75, 3.05) is 13.1 Å². The molecule has 0 radical (unpaired) electrons. The second-order valence-electron chi connectivity index (χ2n) is 9.52. The summed E-state index contributed by atoms with van der Waals surface area (Å²) in [5.41, 5.74) is 3.27. The molecule has 3 heterocycles. The van der Waals surface area contributed by atoms with Crippen molar-refractivity contribution >= 4 is 41.1 Å². The molecular weight excluding hydrogens is 527 g/mol. The van der Waals surface area contributed by atoms with Crippen LogP contribution in [0.15, 0.2) is 66.0 Å². The quantitative estimate of drug-likeness (QED) is 0.359. The van der Waals surface area contributed by atoms with Crippen LogP contribution in [0.2, 0.25) is 10.0 Å². The molecule has 7 nitrogen and oxygen atoms in total. The van der Waals surface area contributed by atoms with Crippen LogP contribution in [0.1, 0.15) is 49.0 Å². The van der Waals surface area contributed by atoms with E-state index in [0.717, 1.165) is 17.1 Å². The normalized spacial score (nSPS) is 19.2. The van der Waals surface area contributed by atoms with Gasteiger partial charge in [-0.25, -0.2) is 4.68 Å². The number of halogens is 2. The number of aromatic nitrogens is 3. The Morgan fingerprint density at radius 2 is 1.86 bits per heavy atom. The van der Waals surface area contributed by atoms with Crippen molar-refractivity contribution in [2.24, 2.45) is 0 Å². The fourth-order valence-corrected chi connectivity index (χ4v) is 5.99. The highest BCUT2D eigenvalue weighted by Crippen LogP contribution is 2.32. The summed E-state index contributed by atoms with van der Waals surface area (Å²) < 4.78 is 3.77. The van der Waals surface area contributed by atoms with Gasteiger partial charge in [0.15, 0.2) is 0 Å². The third-order valence-electron chi connectivity index (χ3n) is 6.83. The minimum absolute atomic E-state index is 0.0343. The summed E-state index contributed by atoms with van der Waals surface area (Å²) in [6, 6.07) is 13.8. The molecule has 1 N–H and O–H groups in total. The maximum Gasteiger partial charge on any atom is 0.248 e. The van der Waals surface area contributed by atoms with Crippen LogP contribution in [0.4, 0.5) is 0 Å². The van der Waals surface area contributed by atoms with Crippen molar-refractivity contribution < 1.29 is 4.79 Å². The highest BCUT2D eigenvalue weighted by atomic mass is 35.5. The summed E-state index contributed by atoms with van der Waals surface area (Å²) in [4.78, 5) is 16.2. The topological polar surface area (TPSA) is 66.3 Å². The van der Waals surface area contributed by atoms with Gasteiger partial charge in [0.2, 0.25) is 5.91 Å². The molecule has 2 aromatic carbocycles. The molecule has 0 unspecified atom stereocenters. The third-order valence-corrected chi connectivity index (χ3v) is 8.62. The predicted octanol–water partition coefficient (Wildman–Crippen LogP) is 5.70.